The van der Waals surface area contributed by atoms with Crippen LogP contribution in [-0.4, -0.2) is 22.4 Å². The van der Waals surface area contributed by atoms with E-state index in [1.54, 1.807) is 12.1 Å². The molecule has 19 heavy (non-hydrogen) atoms. The molecule has 0 spiro atoms. The molecule has 3 heteroatoms. The molecule has 1 aliphatic rings. The summed E-state index contributed by atoms with van der Waals surface area (Å²) in [4.78, 5) is 0. The number of aliphatic hydroxyl groups is 1. The van der Waals surface area contributed by atoms with Crippen LogP contribution in [0.5, 0.6) is 5.75 Å². The monoisotopic (exact) mass is 263 g/mol. The second-order valence-electron chi connectivity index (χ2n) is 5.72. The molecule has 0 saturated heterocycles. The summed E-state index contributed by atoms with van der Waals surface area (Å²) in [6.45, 7) is 2.79. The number of rotatable bonds is 5. The molecule has 106 valence electrons. The third-order valence-electron chi connectivity index (χ3n) is 4.17. The van der Waals surface area contributed by atoms with Crippen molar-refractivity contribution in [2.75, 3.05) is 6.54 Å². The third kappa shape index (κ3) is 3.95. The smallest absolute Gasteiger partial charge is 0.115 e. The number of phenolic OH excluding ortho intramolecular Hbond substituents is 1. The molecule has 3 N–H and O–H groups in total. The highest BCUT2D eigenvalue weighted by atomic mass is 16.3. The molecule has 0 aliphatic heterocycles. The Morgan fingerprint density at radius 3 is 2.37 bits per heavy atom. The number of phenols is 1. The lowest BCUT2D eigenvalue weighted by Gasteiger charge is -2.34. The van der Waals surface area contributed by atoms with E-state index in [9.17, 15) is 10.2 Å². The van der Waals surface area contributed by atoms with Gasteiger partial charge in [0.1, 0.15) is 5.75 Å². The van der Waals surface area contributed by atoms with E-state index < -0.39 is 5.60 Å². The summed E-state index contributed by atoms with van der Waals surface area (Å²) in [5.74, 6) is 0.296. The van der Waals surface area contributed by atoms with Crippen LogP contribution in [0.4, 0.5) is 0 Å². The molecule has 3 nitrogen and oxygen atoms in total. The highest BCUT2D eigenvalue weighted by Crippen LogP contribution is 2.28. The predicted molar refractivity (Wildman–Crippen MR) is 77.2 cm³/mol. The summed E-state index contributed by atoms with van der Waals surface area (Å²) < 4.78 is 0. The minimum Gasteiger partial charge on any atom is -0.508 e. The Hall–Kier alpha value is -1.06. The van der Waals surface area contributed by atoms with E-state index in [0.29, 0.717) is 12.3 Å². The van der Waals surface area contributed by atoms with Gasteiger partial charge in [0.05, 0.1) is 5.60 Å². The van der Waals surface area contributed by atoms with E-state index in [1.165, 1.54) is 12.0 Å². The molecule has 1 aliphatic carbocycles. The zero-order valence-corrected chi connectivity index (χ0v) is 11.7. The van der Waals surface area contributed by atoms with Gasteiger partial charge >= 0.3 is 0 Å². The normalized spacial score (nSPS) is 20.1. The maximum Gasteiger partial charge on any atom is 0.115 e. The van der Waals surface area contributed by atoms with E-state index in [0.717, 1.165) is 32.1 Å². The number of nitrogens with one attached hydrogen (secondary N) is 1. The molecule has 0 bridgehead atoms. The number of benzene rings is 1. The van der Waals surface area contributed by atoms with Crippen LogP contribution in [0.25, 0.3) is 0 Å². The third-order valence-corrected chi connectivity index (χ3v) is 4.17. The van der Waals surface area contributed by atoms with Crippen molar-refractivity contribution in [2.24, 2.45) is 0 Å². The van der Waals surface area contributed by atoms with Gasteiger partial charge in [0.15, 0.2) is 0 Å². The summed E-state index contributed by atoms with van der Waals surface area (Å²) in [5.41, 5.74) is 0.641. The lowest BCUT2D eigenvalue weighted by Crippen LogP contribution is -2.43. The minimum absolute atomic E-state index is 0.242. The van der Waals surface area contributed by atoms with Gasteiger partial charge < -0.3 is 15.5 Å². The molecule has 0 amide bonds. The zero-order chi connectivity index (χ0) is 13.7. The molecule has 1 aromatic rings. The van der Waals surface area contributed by atoms with Gasteiger partial charge in [-0.3, -0.25) is 0 Å². The minimum atomic E-state index is -0.525. The van der Waals surface area contributed by atoms with Crippen molar-refractivity contribution in [3.05, 3.63) is 29.8 Å². The average molecular weight is 263 g/mol. The molecule has 1 aromatic carbocycles. The topological polar surface area (TPSA) is 52.5 Å². The van der Waals surface area contributed by atoms with Gasteiger partial charge in [-0.25, -0.2) is 0 Å². The van der Waals surface area contributed by atoms with Crippen LogP contribution < -0.4 is 5.32 Å². The highest BCUT2D eigenvalue weighted by molar-refractivity contribution is 5.28. The fourth-order valence-corrected chi connectivity index (χ4v) is 2.90. The first kappa shape index (κ1) is 14.4. The molecule has 0 radical (unpaired) electrons. The summed E-state index contributed by atoms with van der Waals surface area (Å²) in [6.07, 6.45) is 6.30. The molecule has 0 aromatic heterocycles. The number of aromatic hydroxyl groups is 1. The Bertz CT molecular complexity index is 382. The van der Waals surface area contributed by atoms with E-state index in [2.05, 4.69) is 12.2 Å². The Morgan fingerprint density at radius 2 is 1.79 bits per heavy atom. The van der Waals surface area contributed by atoms with E-state index in [4.69, 9.17) is 0 Å². The molecular weight excluding hydrogens is 238 g/mol. The molecule has 1 saturated carbocycles. The van der Waals surface area contributed by atoms with Crippen molar-refractivity contribution < 1.29 is 10.2 Å². The van der Waals surface area contributed by atoms with Crippen LogP contribution in [0.3, 0.4) is 0 Å². The summed E-state index contributed by atoms with van der Waals surface area (Å²) >= 11 is 0. The van der Waals surface area contributed by atoms with Crippen LogP contribution in [0.1, 0.15) is 57.1 Å². The first-order valence-electron chi connectivity index (χ1n) is 7.38. The van der Waals surface area contributed by atoms with Gasteiger partial charge in [0.25, 0.3) is 0 Å². The molecule has 1 atom stereocenters. The van der Waals surface area contributed by atoms with Gasteiger partial charge in [-0.15, -0.1) is 0 Å². The first-order valence-corrected chi connectivity index (χ1v) is 7.38. The van der Waals surface area contributed by atoms with Crippen molar-refractivity contribution in [1.29, 1.82) is 0 Å². The summed E-state index contributed by atoms with van der Waals surface area (Å²) in [7, 11) is 0. The van der Waals surface area contributed by atoms with Crippen LogP contribution in [0.2, 0.25) is 0 Å². The number of hydrogen-bond donors (Lipinski definition) is 3. The molecular formula is C16H25NO2. The SMILES string of the molecule is CCC(NCC1(O)CCCCC1)c1ccc(O)cc1. The van der Waals surface area contributed by atoms with Gasteiger partial charge in [0.2, 0.25) is 0 Å². The van der Waals surface area contributed by atoms with Gasteiger partial charge in [-0.05, 0) is 37.0 Å². The van der Waals surface area contributed by atoms with Crippen molar-refractivity contribution >= 4 is 0 Å². The second kappa shape index (κ2) is 6.40. The largest absolute Gasteiger partial charge is 0.508 e. The van der Waals surface area contributed by atoms with E-state index >= 15 is 0 Å². The average Bonchev–Trinajstić information content (AvgIpc) is 2.42. The summed E-state index contributed by atoms with van der Waals surface area (Å²) in [6, 6.07) is 7.57. The predicted octanol–water partition coefficient (Wildman–Crippen LogP) is 3.13. The van der Waals surface area contributed by atoms with Crippen molar-refractivity contribution in [2.45, 2.75) is 57.1 Å². The van der Waals surface area contributed by atoms with Gasteiger partial charge in [0, 0.05) is 12.6 Å². The van der Waals surface area contributed by atoms with E-state index in [-0.39, 0.29) is 6.04 Å². The fourth-order valence-electron chi connectivity index (χ4n) is 2.90. The van der Waals surface area contributed by atoms with Crippen molar-refractivity contribution in [3.8, 4) is 5.75 Å². The highest BCUT2D eigenvalue weighted by Gasteiger charge is 2.29. The Kier molecular flexibility index (Phi) is 4.83. The fraction of sp³-hybridized carbons (Fsp3) is 0.625. The van der Waals surface area contributed by atoms with Crippen LogP contribution in [0.15, 0.2) is 24.3 Å². The maximum absolute atomic E-state index is 10.5. The van der Waals surface area contributed by atoms with Crippen molar-refractivity contribution in [3.63, 3.8) is 0 Å². The number of hydrogen-bond acceptors (Lipinski definition) is 3. The Balaban J connectivity index is 1.93. The zero-order valence-electron chi connectivity index (χ0n) is 11.7. The lowest BCUT2D eigenvalue weighted by atomic mass is 9.84. The molecule has 2 rings (SSSR count). The Morgan fingerprint density at radius 1 is 1.16 bits per heavy atom. The van der Waals surface area contributed by atoms with Crippen LogP contribution in [-0.2, 0) is 0 Å². The molecule has 0 heterocycles. The van der Waals surface area contributed by atoms with Crippen LogP contribution in [0, 0.1) is 0 Å². The lowest BCUT2D eigenvalue weighted by molar-refractivity contribution is 0.00248. The summed E-state index contributed by atoms with van der Waals surface area (Å²) in [5, 5.41) is 23.3. The standard InChI is InChI=1S/C16H25NO2/c1-2-15(13-6-8-14(18)9-7-13)17-12-16(19)10-4-3-5-11-16/h6-9,15,17-19H,2-5,10-12H2,1H3. The van der Waals surface area contributed by atoms with E-state index in [1.807, 2.05) is 12.1 Å². The van der Waals surface area contributed by atoms with Gasteiger partial charge in [-0.2, -0.15) is 0 Å². The first-order chi connectivity index (χ1) is 9.13. The maximum atomic E-state index is 10.5. The van der Waals surface area contributed by atoms with Gasteiger partial charge in [-0.1, -0.05) is 38.3 Å². The van der Waals surface area contributed by atoms with Crippen LogP contribution >= 0.6 is 0 Å². The quantitative estimate of drug-likeness (QED) is 0.765. The van der Waals surface area contributed by atoms with Crippen molar-refractivity contribution in [1.82, 2.24) is 5.32 Å². The second-order valence-corrected chi connectivity index (χ2v) is 5.72. The molecule has 1 unspecified atom stereocenters. The Labute approximate surface area is 115 Å². The molecule has 1 fully saturated rings.